The van der Waals surface area contributed by atoms with Gasteiger partial charge in [0.2, 0.25) is 0 Å². The van der Waals surface area contributed by atoms with Crippen LogP contribution in [0.4, 0.5) is 0 Å². The molecule has 0 atom stereocenters. The summed E-state index contributed by atoms with van der Waals surface area (Å²) in [5.74, 6) is 0. The molecule has 1 spiro atoms. The van der Waals surface area contributed by atoms with E-state index in [-0.39, 0.29) is 0 Å². The third kappa shape index (κ3) is 2.68. The Hall–Kier alpha value is -0.0800. The van der Waals surface area contributed by atoms with Crippen LogP contribution in [0.3, 0.4) is 0 Å². The van der Waals surface area contributed by atoms with Crippen LogP contribution in [0.15, 0.2) is 0 Å². The molecule has 2 aliphatic rings. The highest BCUT2D eigenvalue weighted by molar-refractivity contribution is 5.04. The first-order valence-electron chi connectivity index (χ1n) is 5.75. The first kappa shape index (κ1) is 12.9. The van der Waals surface area contributed by atoms with E-state index >= 15 is 0 Å². The number of hydrogen-bond acceptors (Lipinski definition) is 2. The van der Waals surface area contributed by atoms with Gasteiger partial charge in [-0.25, -0.2) is 0 Å². The summed E-state index contributed by atoms with van der Waals surface area (Å²) in [6.45, 7) is 11.8. The van der Waals surface area contributed by atoms with Crippen molar-refractivity contribution in [1.29, 1.82) is 0 Å². The Labute approximate surface area is 83.7 Å². The second-order valence-corrected chi connectivity index (χ2v) is 3.35. The molecule has 2 rings (SSSR count). The minimum atomic E-state index is 0.597. The summed E-state index contributed by atoms with van der Waals surface area (Å²) in [7, 11) is 2.24. The van der Waals surface area contributed by atoms with Gasteiger partial charge in [-0.05, 0) is 26.4 Å². The summed E-state index contributed by atoms with van der Waals surface area (Å²) >= 11 is 0. The first-order valence-corrected chi connectivity index (χ1v) is 5.75. The summed E-state index contributed by atoms with van der Waals surface area (Å²) in [6.07, 6.45) is 2.81. The second-order valence-electron chi connectivity index (χ2n) is 3.35. The molecule has 0 bridgehead atoms. The van der Waals surface area contributed by atoms with Gasteiger partial charge in [-0.15, -0.1) is 0 Å². The number of likely N-dealkylation sites (N-methyl/N-ethyl adjacent to an activating group) is 1. The highest BCUT2D eigenvalue weighted by Gasteiger charge is 2.43. The topological polar surface area (TPSA) is 15.3 Å². The summed E-state index contributed by atoms with van der Waals surface area (Å²) in [5, 5.41) is 3.33. The number of rotatable bonds is 0. The third-order valence-electron chi connectivity index (χ3n) is 2.85. The van der Waals surface area contributed by atoms with Crippen LogP contribution >= 0.6 is 0 Å². The molecule has 0 saturated carbocycles. The lowest BCUT2D eigenvalue weighted by Crippen LogP contribution is -2.65. The van der Waals surface area contributed by atoms with Gasteiger partial charge in [0, 0.05) is 18.6 Å². The minimum Gasteiger partial charge on any atom is -0.313 e. The van der Waals surface area contributed by atoms with E-state index in [0.717, 1.165) is 0 Å². The highest BCUT2D eigenvalue weighted by atomic mass is 15.3. The van der Waals surface area contributed by atoms with Crippen LogP contribution in [0.25, 0.3) is 0 Å². The van der Waals surface area contributed by atoms with Crippen LogP contribution in [-0.4, -0.2) is 37.1 Å². The van der Waals surface area contributed by atoms with Crippen molar-refractivity contribution in [2.75, 3.05) is 26.7 Å². The average Bonchev–Trinajstić information content (AvgIpc) is 2.53. The first-order chi connectivity index (χ1) is 6.33. The van der Waals surface area contributed by atoms with Crippen molar-refractivity contribution in [3.8, 4) is 0 Å². The van der Waals surface area contributed by atoms with Gasteiger partial charge in [-0.2, -0.15) is 0 Å². The lowest BCUT2D eigenvalue weighted by Gasteiger charge is -2.44. The maximum Gasteiger partial charge on any atom is 0.0455 e. The van der Waals surface area contributed by atoms with Crippen LogP contribution in [-0.2, 0) is 0 Å². The highest BCUT2D eigenvalue weighted by Crippen LogP contribution is 2.30. The van der Waals surface area contributed by atoms with Gasteiger partial charge in [0.05, 0.1) is 0 Å². The van der Waals surface area contributed by atoms with E-state index in [1.807, 2.05) is 27.7 Å². The van der Waals surface area contributed by atoms with Gasteiger partial charge in [-0.3, -0.25) is 4.90 Å². The van der Waals surface area contributed by atoms with E-state index in [1.54, 1.807) is 0 Å². The molecule has 2 nitrogen and oxygen atoms in total. The summed E-state index contributed by atoms with van der Waals surface area (Å²) in [6, 6.07) is 0. The number of hydrogen-bond donors (Lipinski definition) is 1. The second kappa shape index (κ2) is 6.39. The van der Waals surface area contributed by atoms with Crippen molar-refractivity contribution in [2.24, 2.45) is 0 Å². The van der Waals surface area contributed by atoms with Crippen LogP contribution in [0.5, 0.6) is 0 Å². The third-order valence-corrected chi connectivity index (χ3v) is 2.85. The molecule has 2 heteroatoms. The number of nitrogens with one attached hydrogen (secondary N) is 1. The largest absolute Gasteiger partial charge is 0.313 e. The predicted octanol–water partition coefficient (Wildman–Crippen LogP) is 2.11. The zero-order valence-corrected chi connectivity index (χ0v) is 9.98. The normalized spacial score (nSPS) is 23.8. The van der Waals surface area contributed by atoms with E-state index < -0.39 is 0 Å². The summed E-state index contributed by atoms with van der Waals surface area (Å²) in [4.78, 5) is 2.50. The fourth-order valence-electron chi connectivity index (χ4n) is 1.93. The number of nitrogens with zero attached hydrogens (tertiary/aromatic N) is 1. The van der Waals surface area contributed by atoms with Crippen molar-refractivity contribution in [3.05, 3.63) is 0 Å². The molecule has 0 aliphatic carbocycles. The van der Waals surface area contributed by atoms with Gasteiger partial charge >= 0.3 is 0 Å². The van der Waals surface area contributed by atoms with E-state index in [9.17, 15) is 0 Å². The molecular formula is C11H26N2. The molecular weight excluding hydrogens is 160 g/mol. The van der Waals surface area contributed by atoms with E-state index in [1.165, 1.54) is 32.5 Å². The van der Waals surface area contributed by atoms with Crippen LogP contribution in [0, 0.1) is 0 Å². The van der Waals surface area contributed by atoms with Gasteiger partial charge in [-0.1, -0.05) is 27.7 Å². The van der Waals surface area contributed by atoms with Gasteiger partial charge in [0.15, 0.2) is 0 Å². The molecule has 0 aromatic rings. The quantitative estimate of drug-likeness (QED) is 0.623. The van der Waals surface area contributed by atoms with Crippen molar-refractivity contribution < 1.29 is 0 Å². The fraction of sp³-hybridized carbons (Fsp3) is 1.00. The monoisotopic (exact) mass is 186 g/mol. The maximum atomic E-state index is 3.33. The molecule has 0 aromatic heterocycles. The SMILES string of the molecule is CC.CC.CN1CCCC12CNC2. The Morgan fingerprint density at radius 3 is 1.77 bits per heavy atom. The molecule has 0 unspecified atom stereocenters. The average molecular weight is 186 g/mol. The van der Waals surface area contributed by atoms with E-state index in [4.69, 9.17) is 0 Å². The Bertz CT molecular complexity index is 119. The van der Waals surface area contributed by atoms with Crippen molar-refractivity contribution in [2.45, 2.75) is 46.1 Å². The molecule has 0 aromatic carbocycles. The molecule has 2 fully saturated rings. The molecule has 13 heavy (non-hydrogen) atoms. The van der Waals surface area contributed by atoms with E-state index in [0.29, 0.717) is 5.54 Å². The lowest BCUT2D eigenvalue weighted by molar-refractivity contribution is 0.105. The van der Waals surface area contributed by atoms with Gasteiger partial charge in [0.25, 0.3) is 0 Å². The molecule has 0 radical (unpaired) electrons. The molecule has 2 aliphatic heterocycles. The fourth-order valence-corrected chi connectivity index (χ4v) is 1.93. The predicted molar refractivity (Wildman–Crippen MR) is 60.2 cm³/mol. The number of likely N-dealkylation sites (tertiary alicyclic amines) is 1. The van der Waals surface area contributed by atoms with E-state index in [2.05, 4.69) is 17.3 Å². The summed E-state index contributed by atoms with van der Waals surface area (Å²) < 4.78 is 0. The van der Waals surface area contributed by atoms with Crippen molar-refractivity contribution in [3.63, 3.8) is 0 Å². The molecule has 0 amide bonds. The smallest absolute Gasteiger partial charge is 0.0455 e. The zero-order valence-electron chi connectivity index (χ0n) is 9.98. The molecule has 1 N–H and O–H groups in total. The Balaban J connectivity index is 0.000000322. The minimum absolute atomic E-state index is 0.597. The zero-order chi connectivity index (χ0) is 10.3. The van der Waals surface area contributed by atoms with Crippen LogP contribution in [0.2, 0.25) is 0 Å². The molecule has 2 saturated heterocycles. The Kier molecular flexibility index (Phi) is 6.35. The van der Waals surface area contributed by atoms with Gasteiger partial charge < -0.3 is 5.32 Å². The van der Waals surface area contributed by atoms with Crippen LogP contribution < -0.4 is 5.32 Å². The Morgan fingerprint density at radius 1 is 1.08 bits per heavy atom. The van der Waals surface area contributed by atoms with Crippen molar-refractivity contribution >= 4 is 0 Å². The summed E-state index contributed by atoms with van der Waals surface area (Å²) in [5.41, 5.74) is 0.597. The standard InChI is InChI=1S/C7H14N2.2C2H6/c1-9-4-2-3-7(9)5-8-6-7;2*1-2/h8H,2-6H2,1H3;2*1-2H3. The maximum absolute atomic E-state index is 3.33. The van der Waals surface area contributed by atoms with Crippen molar-refractivity contribution in [1.82, 2.24) is 10.2 Å². The lowest BCUT2D eigenvalue weighted by atomic mass is 9.90. The van der Waals surface area contributed by atoms with Gasteiger partial charge in [0.1, 0.15) is 0 Å². The Morgan fingerprint density at radius 2 is 1.62 bits per heavy atom. The molecule has 80 valence electrons. The molecule has 2 heterocycles. The van der Waals surface area contributed by atoms with Crippen LogP contribution in [0.1, 0.15) is 40.5 Å².